The van der Waals surface area contributed by atoms with Crippen LogP contribution in [-0.2, 0) is 16.9 Å². The van der Waals surface area contributed by atoms with Gasteiger partial charge in [-0.2, -0.15) is 10.4 Å². The van der Waals surface area contributed by atoms with E-state index in [0.29, 0.717) is 0 Å². The lowest BCUT2D eigenvalue weighted by atomic mass is 10.0. The molecule has 156 valence electrons. The van der Waals surface area contributed by atoms with E-state index in [4.69, 9.17) is 5.26 Å². The molecule has 7 nitrogen and oxygen atoms in total. The first-order valence-electron chi connectivity index (χ1n) is 8.89. The average molecular weight is 440 g/mol. The second-order valence-corrected chi connectivity index (χ2v) is 9.00. The third-order valence-electron chi connectivity index (χ3n) is 4.80. The van der Waals surface area contributed by atoms with Gasteiger partial charge in [0.25, 0.3) is 0 Å². The molecule has 0 saturated heterocycles. The van der Waals surface area contributed by atoms with Gasteiger partial charge >= 0.3 is 0 Å². The quantitative estimate of drug-likeness (QED) is 0.526. The van der Waals surface area contributed by atoms with E-state index in [0.717, 1.165) is 18.4 Å². The number of aryl methyl sites for hydroxylation is 1. The maximum Gasteiger partial charge on any atom is 0.193 e. The highest BCUT2D eigenvalue weighted by molar-refractivity contribution is 7.90. The van der Waals surface area contributed by atoms with Crippen molar-refractivity contribution in [3.05, 3.63) is 70.1 Å². The van der Waals surface area contributed by atoms with Crippen LogP contribution < -0.4 is 5.43 Å². The number of halogens is 2. The Bertz CT molecular complexity index is 1580. The molecule has 31 heavy (non-hydrogen) atoms. The molecule has 0 unspecified atom stereocenters. The minimum Gasteiger partial charge on any atom is -0.354 e. The molecule has 0 spiro atoms. The van der Waals surface area contributed by atoms with Crippen LogP contribution in [0.5, 0.6) is 0 Å². The highest BCUT2D eigenvalue weighted by Gasteiger charge is 2.22. The highest BCUT2D eigenvalue weighted by Crippen LogP contribution is 2.32. The summed E-state index contributed by atoms with van der Waals surface area (Å²) in [6.07, 6.45) is 3.68. The topological polar surface area (TPSA) is 109 Å². The Morgan fingerprint density at radius 1 is 1.19 bits per heavy atom. The van der Waals surface area contributed by atoms with Gasteiger partial charge in [-0.05, 0) is 24.3 Å². The Kier molecular flexibility index (Phi) is 4.71. The molecule has 0 aliphatic carbocycles. The SMILES string of the molecule is Cn1cc(-c2c(F)cc3[nH]c(-c4cc(C#N)ccc4S(C)(=O)=O)cc(=O)c3c2F)cn1. The van der Waals surface area contributed by atoms with Gasteiger partial charge in [0.05, 0.1) is 44.9 Å². The fraction of sp³-hybridized carbons (Fsp3) is 0.0952. The number of H-pyrrole nitrogens is 1. The van der Waals surface area contributed by atoms with Gasteiger partial charge in [0.2, 0.25) is 0 Å². The summed E-state index contributed by atoms with van der Waals surface area (Å²) in [5, 5.41) is 12.7. The average Bonchev–Trinajstić information content (AvgIpc) is 3.11. The van der Waals surface area contributed by atoms with Gasteiger partial charge in [0, 0.05) is 36.7 Å². The van der Waals surface area contributed by atoms with Gasteiger partial charge in [0.15, 0.2) is 15.3 Å². The summed E-state index contributed by atoms with van der Waals surface area (Å²) in [5.41, 5.74) is -0.903. The Morgan fingerprint density at radius 3 is 2.55 bits per heavy atom. The van der Waals surface area contributed by atoms with Crippen LogP contribution in [0.15, 0.2) is 52.4 Å². The van der Waals surface area contributed by atoms with Crippen LogP contribution in [0.3, 0.4) is 0 Å². The molecule has 10 heteroatoms. The number of nitrogens with one attached hydrogen (secondary N) is 1. The van der Waals surface area contributed by atoms with E-state index >= 15 is 4.39 Å². The van der Waals surface area contributed by atoms with Crippen LogP contribution in [0.25, 0.3) is 33.3 Å². The van der Waals surface area contributed by atoms with E-state index in [2.05, 4.69) is 10.1 Å². The summed E-state index contributed by atoms with van der Waals surface area (Å²) in [5.74, 6) is -1.97. The van der Waals surface area contributed by atoms with Gasteiger partial charge in [-0.1, -0.05) is 0 Å². The first-order chi connectivity index (χ1) is 14.6. The smallest absolute Gasteiger partial charge is 0.193 e. The zero-order valence-corrected chi connectivity index (χ0v) is 17.1. The number of hydrogen-bond donors (Lipinski definition) is 1. The molecule has 1 N–H and O–H groups in total. The molecule has 0 amide bonds. The van der Waals surface area contributed by atoms with Gasteiger partial charge in [-0.25, -0.2) is 17.2 Å². The number of nitriles is 1. The lowest BCUT2D eigenvalue weighted by Gasteiger charge is -2.12. The number of fused-ring (bicyclic) bond motifs is 1. The summed E-state index contributed by atoms with van der Waals surface area (Å²) in [4.78, 5) is 15.4. The molecule has 0 aliphatic rings. The van der Waals surface area contributed by atoms with Crippen molar-refractivity contribution >= 4 is 20.7 Å². The third kappa shape index (κ3) is 3.49. The first kappa shape index (κ1) is 20.4. The van der Waals surface area contributed by atoms with E-state index in [1.165, 1.54) is 35.3 Å². The van der Waals surface area contributed by atoms with Crippen molar-refractivity contribution in [2.45, 2.75) is 4.90 Å². The fourth-order valence-corrected chi connectivity index (χ4v) is 4.32. The molecule has 0 saturated carbocycles. The van der Waals surface area contributed by atoms with Crippen LogP contribution in [0.2, 0.25) is 0 Å². The Morgan fingerprint density at radius 2 is 1.94 bits per heavy atom. The molecule has 2 heterocycles. The monoisotopic (exact) mass is 440 g/mol. The third-order valence-corrected chi connectivity index (χ3v) is 5.96. The number of hydrogen-bond acceptors (Lipinski definition) is 5. The van der Waals surface area contributed by atoms with Gasteiger partial charge in [-0.3, -0.25) is 9.48 Å². The fourth-order valence-electron chi connectivity index (χ4n) is 3.44. The molecule has 2 aromatic carbocycles. The van der Waals surface area contributed by atoms with Crippen molar-refractivity contribution in [1.82, 2.24) is 14.8 Å². The van der Waals surface area contributed by atoms with Crippen molar-refractivity contribution in [3.8, 4) is 28.5 Å². The minimum absolute atomic E-state index is 0.0166. The lowest BCUT2D eigenvalue weighted by Crippen LogP contribution is -2.09. The molecule has 4 aromatic rings. The van der Waals surface area contributed by atoms with Crippen molar-refractivity contribution in [2.75, 3.05) is 6.26 Å². The van der Waals surface area contributed by atoms with E-state index in [1.54, 1.807) is 7.05 Å². The summed E-state index contributed by atoms with van der Waals surface area (Å²) in [6.45, 7) is 0. The maximum absolute atomic E-state index is 15.2. The molecule has 0 aliphatic heterocycles. The number of pyridine rings is 1. The summed E-state index contributed by atoms with van der Waals surface area (Å²) < 4.78 is 55.7. The van der Waals surface area contributed by atoms with Gasteiger partial charge in [-0.15, -0.1) is 0 Å². The number of nitrogens with zero attached hydrogens (tertiary/aromatic N) is 3. The molecular weight excluding hydrogens is 426 g/mol. The minimum atomic E-state index is -3.72. The Balaban J connectivity index is 2.03. The van der Waals surface area contributed by atoms with Crippen LogP contribution >= 0.6 is 0 Å². The molecule has 0 radical (unpaired) electrons. The number of rotatable bonds is 3. The standard InChI is InChI=1S/C21H14F2N4O3S/c1-27-10-12(9-25-27)19-14(22)6-16-20(21(19)23)17(28)7-15(26-16)13-5-11(8-24)3-4-18(13)31(2,29)30/h3-7,9-10H,1-2H3,(H,26,28). The van der Waals surface area contributed by atoms with Gasteiger partial charge in [0.1, 0.15) is 11.6 Å². The number of benzene rings is 2. The lowest BCUT2D eigenvalue weighted by molar-refractivity contribution is 0.597. The molecule has 0 fully saturated rings. The normalized spacial score (nSPS) is 11.6. The molecular formula is C21H14F2N4O3S. The van der Waals surface area contributed by atoms with Crippen molar-refractivity contribution < 1.29 is 17.2 Å². The number of aromatic nitrogens is 3. The molecule has 4 rings (SSSR count). The summed E-state index contributed by atoms with van der Waals surface area (Å²) >= 11 is 0. The van der Waals surface area contributed by atoms with Crippen molar-refractivity contribution in [2.24, 2.45) is 7.05 Å². The maximum atomic E-state index is 15.2. The zero-order chi connectivity index (χ0) is 22.5. The van der Waals surface area contributed by atoms with Crippen LogP contribution in [0, 0.1) is 23.0 Å². The van der Waals surface area contributed by atoms with Crippen LogP contribution in [-0.4, -0.2) is 29.4 Å². The van der Waals surface area contributed by atoms with Crippen molar-refractivity contribution in [3.63, 3.8) is 0 Å². The first-order valence-corrected chi connectivity index (χ1v) is 10.8. The van der Waals surface area contributed by atoms with E-state index in [9.17, 15) is 17.6 Å². The Labute approximate surface area is 175 Å². The van der Waals surface area contributed by atoms with E-state index < -0.39 is 26.9 Å². The predicted octanol–water partition coefficient (Wildman–Crippen LogP) is 3.15. The molecule has 2 aromatic heterocycles. The largest absolute Gasteiger partial charge is 0.354 e. The summed E-state index contributed by atoms with van der Waals surface area (Å²) in [7, 11) is -2.13. The summed E-state index contributed by atoms with van der Waals surface area (Å²) in [6, 6.07) is 7.78. The Hall–Kier alpha value is -3.84. The highest BCUT2D eigenvalue weighted by atomic mass is 32.2. The van der Waals surface area contributed by atoms with Gasteiger partial charge < -0.3 is 4.98 Å². The van der Waals surface area contributed by atoms with Crippen LogP contribution in [0.1, 0.15) is 5.56 Å². The number of sulfone groups is 1. The predicted molar refractivity (Wildman–Crippen MR) is 110 cm³/mol. The molecule has 0 bridgehead atoms. The van der Waals surface area contributed by atoms with Crippen molar-refractivity contribution in [1.29, 1.82) is 5.26 Å². The van der Waals surface area contributed by atoms with E-state index in [1.807, 2.05) is 6.07 Å². The second kappa shape index (κ2) is 7.14. The molecule has 0 atom stereocenters. The zero-order valence-electron chi connectivity index (χ0n) is 16.3. The van der Waals surface area contributed by atoms with E-state index in [-0.39, 0.29) is 43.7 Å². The second-order valence-electron chi connectivity index (χ2n) is 7.01. The number of aromatic amines is 1. The van der Waals surface area contributed by atoms with Crippen LogP contribution in [0.4, 0.5) is 8.78 Å².